The average Bonchev–Trinajstić information content (AvgIpc) is 3.51. The number of rotatable bonds is 8. The van der Waals surface area contributed by atoms with Crippen LogP contribution >= 0.6 is 0 Å². The fraction of sp³-hybridized carbons (Fsp3) is 0.450. The molecule has 1 heterocycles. The highest BCUT2D eigenvalue weighted by molar-refractivity contribution is 5.93. The van der Waals surface area contributed by atoms with Crippen molar-refractivity contribution < 1.29 is 30.0 Å². The molecular formula is C20H26N2O6. The quantitative estimate of drug-likeness (QED) is 0.366. The highest BCUT2D eigenvalue weighted by atomic mass is 16.5. The number of nitrogens with one attached hydrogen (secondary N) is 1. The first-order valence-corrected chi connectivity index (χ1v) is 9.20. The maximum absolute atomic E-state index is 12.3. The summed E-state index contributed by atoms with van der Waals surface area (Å²) in [5.74, 6) is -0.578. The molecule has 0 saturated heterocycles. The molecule has 2 aromatic rings. The predicted octanol–water partition coefficient (Wildman–Crippen LogP) is 0.847. The molecule has 0 amide bonds. The Kier molecular flexibility index (Phi) is 6.17. The van der Waals surface area contributed by atoms with Gasteiger partial charge in [-0.1, -0.05) is 12.1 Å². The summed E-state index contributed by atoms with van der Waals surface area (Å²) in [6, 6.07) is 3.35. The van der Waals surface area contributed by atoms with E-state index in [9.17, 15) is 25.2 Å². The van der Waals surface area contributed by atoms with Crippen molar-refractivity contribution in [2.24, 2.45) is 11.7 Å². The Morgan fingerprint density at radius 2 is 1.89 bits per heavy atom. The van der Waals surface area contributed by atoms with Gasteiger partial charge in [0, 0.05) is 23.4 Å². The number of aromatic amines is 1. The Labute approximate surface area is 162 Å². The van der Waals surface area contributed by atoms with E-state index in [2.05, 4.69) is 4.98 Å². The number of carbonyl (C=O) groups is 1. The minimum absolute atomic E-state index is 0.0372. The summed E-state index contributed by atoms with van der Waals surface area (Å²) in [7, 11) is 1.26. The number of aromatic nitrogens is 1. The maximum atomic E-state index is 12.3. The van der Waals surface area contributed by atoms with Gasteiger partial charge in [0.25, 0.3) is 0 Å². The zero-order valence-corrected chi connectivity index (χ0v) is 15.7. The van der Waals surface area contributed by atoms with E-state index in [0.717, 1.165) is 12.8 Å². The molecule has 1 atom stereocenters. The lowest BCUT2D eigenvalue weighted by atomic mass is 9.88. The van der Waals surface area contributed by atoms with Gasteiger partial charge < -0.3 is 35.9 Å². The lowest BCUT2D eigenvalue weighted by Crippen LogP contribution is -2.11. The lowest BCUT2D eigenvalue weighted by Gasteiger charge is -2.19. The number of esters is 1. The Morgan fingerprint density at radius 3 is 2.39 bits per heavy atom. The van der Waals surface area contributed by atoms with Crippen molar-refractivity contribution in [3.63, 3.8) is 0 Å². The summed E-state index contributed by atoms with van der Waals surface area (Å²) < 4.78 is 4.87. The van der Waals surface area contributed by atoms with Crippen molar-refractivity contribution in [1.82, 2.24) is 4.98 Å². The van der Waals surface area contributed by atoms with Crippen LogP contribution in [0.5, 0.6) is 0 Å². The minimum atomic E-state index is -0.887. The molecule has 1 saturated carbocycles. The zero-order chi connectivity index (χ0) is 20.4. The van der Waals surface area contributed by atoms with Crippen molar-refractivity contribution in [2.45, 2.75) is 45.3 Å². The summed E-state index contributed by atoms with van der Waals surface area (Å²) in [4.78, 5) is 15.3. The second-order valence-corrected chi connectivity index (χ2v) is 6.95. The standard InChI is InChI=1S/C20H26N2O6/c1-28-20(27)18-17(19(26)10-2-3-10)16(15(6-21)22-18)12-5-4-11(7-23)13(8-24)14(12)9-25/h4-5,10,19,22-26H,2-3,6-9,21H2,1H3. The number of methoxy groups -OCH3 is 1. The second-order valence-electron chi connectivity index (χ2n) is 6.95. The van der Waals surface area contributed by atoms with Gasteiger partial charge in [-0.25, -0.2) is 4.79 Å². The minimum Gasteiger partial charge on any atom is -0.464 e. The molecule has 8 nitrogen and oxygen atoms in total. The van der Waals surface area contributed by atoms with Crippen molar-refractivity contribution in [2.75, 3.05) is 7.11 Å². The number of carbonyl (C=O) groups excluding carboxylic acids is 1. The monoisotopic (exact) mass is 390 g/mol. The highest BCUT2D eigenvalue weighted by Crippen LogP contribution is 2.47. The van der Waals surface area contributed by atoms with Crippen molar-refractivity contribution >= 4 is 5.97 Å². The summed E-state index contributed by atoms with van der Waals surface area (Å²) in [6.07, 6.45) is 0.813. The largest absolute Gasteiger partial charge is 0.464 e. The maximum Gasteiger partial charge on any atom is 0.354 e. The van der Waals surface area contributed by atoms with Crippen LogP contribution in [0.1, 0.15) is 57.4 Å². The number of H-pyrrole nitrogens is 1. The summed E-state index contributed by atoms with van der Waals surface area (Å²) in [6.45, 7) is -0.976. The number of ether oxygens (including phenoxy) is 1. The third kappa shape index (κ3) is 3.45. The summed E-state index contributed by atoms with van der Waals surface area (Å²) in [5.41, 5.74) is 9.37. The molecule has 1 aromatic carbocycles. The normalized spacial score (nSPS) is 14.9. The third-order valence-electron chi connectivity index (χ3n) is 5.36. The first-order valence-electron chi connectivity index (χ1n) is 9.20. The summed E-state index contributed by atoms with van der Waals surface area (Å²) in [5, 5.41) is 40.2. The van der Waals surface area contributed by atoms with E-state index in [1.807, 2.05) is 0 Å². The van der Waals surface area contributed by atoms with E-state index in [-0.39, 0.29) is 38.0 Å². The summed E-state index contributed by atoms with van der Waals surface area (Å²) >= 11 is 0. The van der Waals surface area contributed by atoms with Gasteiger partial charge >= 0.3 is 5.97 Å². The number of aliphatic hydroxyl groups excluding tert-OH is 4. The number of aliphatic hydroxyl groups is 4. The van der Waals surface area contributed by atoms with Gasteiger partial charge in [0.15, 0.2) is 0 Å². The first-order chi connectivity index (χ1) is 13.5. The first kappa shape index (κ1) is 20.5. The average molecular weight is 390 g/mol. The number of hydrogen-bond acceptors (Lipinski definition) is 7. The van der Waals surface area contributed by atoms with E-state index in [0.29, 0.717) is 39.1 Å². The van der Waals surface area contributed by atoms with Crippen molar-refractivity contribution in [3.8, 4) is 11.1 Å². The number of hydrogen-bond donors (Lipinski definition) is 6. The SMILES string of the molecule is COC(=O)c1[nH]c(CN)c(-c2ccc(CO)c(CO)c2CO)c1C(O)C1CC1. The van der Waals surface area contributed by atoms with E-state index in [4.69, 9.17) is 10.5 Å². The van der Waals surface area contributed by atoms with Gasteiger partial charge in [-0.2, -0.15) is 0 Å². The van der Waals surface area contributed by atoms with Crippen LogP contribution in [0.25, 0.3) is 11.1 Å². The van der Waals surface area contributed by atoms with Crippen LogP contribution in [0.2, 0.25) is 0 Å². The fourth-order valence-electron chi connectivity index (χ4n) is 3.74. The molecule has 28 heavy (non-hydrogen) atoms. The molecule has 8 heteroatoms. The molecule has 1 unspecified atom stereocenters. The molecule has 0 radical (unpaired) electrons. The number of nitrogens with two attached hydrogens (primary N) is 1. The Balaban J connectivity index is 2.32. The van der Waals surface area contributed by atoms with Gasteiger partial charge in [0.2, 0.25) is 0 Å². The van der Waals surface area contributed by atoms with Crippen LogP contribution in [0, 0.1) is 5.92 Å². The molecule has 0 bridgehead atoms. The third-order valence-corrected chi connectivity index (χ3v) is 5.36. The van der Waals surface area contributed by atoms with Gasteiger partial charge in [0.05, 0.1) is 33.0 Å². The molecule has 0 aliphatic heterocycles. The predicted molar refractivity (Wildman–Crippen MR) is 101 cm³/mol. The molecule has 7 N–H and O–H groups in total. The molecule has 0 spiro atoms. The Bertz CT molecular complexity index is 872. The van der Waals surface area contributed by atoms with Gasteiger partial charge in [-0.15, -0.1) is 0 Å². The second kappa shape index (κ2) is 8.42. The van der Waals surface area contributed by atoms with Crippen LogP contribution in [0.15, 0.2) is 12.1 Å². The molecule has 1 aliphatic rings. The van der Waals surface area contributed by atoms with Crippen LogP contribution in [0.3, 0.4) is 0 Å². The van der Waals surface area contributed by atoms with Crippen molar-refractivity contribution in [1.29, 1.82) is 0 Å². The molecular weight excluding hydrogens is 364 g/mol. The van der Waals surface area contributed by atoms with E-state index in [1.165, 1.54) is 7.11 Å². The molecule has 1 aromatic heterocycles. The van der Waals surface area contributed by atoms with Crippen LogP contribution in [-0.2, 0) is 31.1 Å². The van der Waals surface area contributed by atoms with Crippen LogP contribution in [0.4, 0.5) is 0 Å². The fourth-order valence-corrected chi connectivity index (χ4v) is 3.74. The molecule has 1 fully saturated rings. The van der Waals surface area contributed by atoms with E-state index >= 15 is 0 Å². The Morgan fingerprint density at radius 1 is 1.21 bits per heavy atom. The van der Waals surface area contributed by atoms with E-state index in [1.54, 1.807) is 12.1 Å². The smallest absolute Gasteiger partial charge is 0.354 e. The van der Waals surface area contributed by atoms with Gasteiger partial charge in [-0.3, -0.25) is 0 Å². The van der Waals surface area contributed by atoms with E-state index < -0.39 is 12.1 Å². The zero-order valence-electron chi connectivity index (χ0n) is 15.7. The molecule has 1 aliphatic carbocycles. The van der Waals surface area contributed by atoms with Crippen LogP contribution < -0.4 is 5.73 Å². The highest BCUT2D eigenvalue weighted by Gasteiger charge is 2.37. The van der Waals surface area contributed by atoms with Crippen molar-refractivity contribution in [3.05, 3.63) is 45.8 Å². The van der Waals surface area contributed by atoms with Gasteiger partial charge in [0.1, 0.15) is 5.69 Å². The number of benzene rings is 1. The lowest BCUT2D eigenvalue weighted by molar-refractivity contribution is 0.0585. The molecule has 152 valence electrons. The van der Waals surface area contributed by atoms with Crippen LogP contribution in [-0.4, -0.2) is 38.5 Å². The Hall–Kier alpha value is -2.23. The topological polar surface area (TPSA) is 149 Å². The van der Waals surface area contributed by atoms with Gasteiger partial charge in [-0.05, 0) is 41.0 Å². The molecule has 3 rings (SSSR count).